The van der Waals surface area contributed by atoms with Crippen molar-refractivity contribution in [2.75, 3.05) is 4.90 Å². The van der Waals surface area contributed by atoms with Crippen molar-refractivity contribution < 1.29 is 5.48 Å². The number of fused-ring (bicyclic) bond motifs is 7. The van der Waals surface area contributed by atoms with Gasteiger partial charge in [-0.1, -0.05) is 170 Å². The number of hydrogen-bond acceptors (Lipinski definition) is 1. The summed E-state index contributed by atoms with van der Waals surface area (Å²) in [6.45, 7) is 0. The first-order valence-electron chi connectivity index (χ1n) is 22.9. The molecule has 2 aliphatic carbocycles. The summed E-state index contributed by atoms with van der Waals surface area (Å²) in [5, 5.41) is 4.28. The summed E-state index contributed by atoms with van der Waals surface area (Å²) in [5.74, 6) is 0. The number of hydrogen-bond donors (Lipinski definition) is 0. The second-order valence-corrected chi connectivity index (χ2v) is 16.1. The molecule has 0 fully saturated rings. The smallest absolute Gasteiger partial charge is 0.0726 e. The Kier molecular flexibility index (Phi) is 6.44. The molecular formula is C59H38N2. The van der Waals surface area contributed by atoms with Crippen LogP contribution in [0.3, 0.4) is 0 Å². The zero-order valence-electron chi connectivity index (χ0n) is 37.0. The van der Waals surface area contributed by atoms with Crippen molar-refractivity contribution in [3.05, 3.63) is 253 Å². The van der Waals surface area contributed by atoms with E-state index in [2.05, 4.69) is 149 Å². The molecule has 0 saturated heterocycles. The van der Waals surface area contributed by atoms with E-state index < -0.39 is 5.41 Å². The van der Waals surface area contributed by atoms with Crippen LogP contribution < -0.4 is 4.90 Å². The van der Waals surface area contributed by atoms with Gasteiger partial charge in [-0.25, -0.2) is 0 Å². The highest BCUT2D eigenvalue weighted by molar-refractivity contribution is 6.29. The molecule has 1 aromatic heterocycles. The Hall–Kier alpha value is -7.94. The second-order valence-electron chi connectivity index (χ2n) is 16.1. The average molecular weight is 779 g/mol. The summed E-state index contributed by atoms with van der Waals surface area (Å²) in [6, 6.07) is 71.0. The normalized spacial score (nSPS) is 14.0. The van der Waals surface area contributed by atoms with Crippen LogP contribution in [0.15, 0.2) is 230 Å². The molecule has 10 aromatic carbocycles. The van der Waals surface area contributed by atoms with Crippen molar-refractivity contribution in [2.24, 2.45) is 0 Å². The molecule has 0 amide bonds. The van der Waals surface area contributed by atoms with Crippen molar-refractivity contribution >= 4 is 49.6 Å². The number of para-hydroxylation sites is 3. The second kappa shape index (κ2) is 13.0. The molecule has 2 aliphatic rings. The Morgan fingerprint density at radius 3 is 1.56 bits per heavy atom. The number of benzene rings is 10. The molecule has 0 N–H and O–H groups in total. The van der Waals surface area contributed by atoms with Gasteiger partial charge in [0.2, 0.25) is 0 Å². The largest absolute Gasteiger partial charge is 0.310 e. The van der Waals surface area contributed by atoms with Crippen molar-refractivity contribution in [1.82, 2.24) is 4.57 Å². The molecule has 61 heavy (non-hydrogen) atoms. The van der Waals surface area contributed by atoms with Crippen molar-refractivity contribution in [2.45, 2.75) is 5.41 Å². The lowest BCUT2D eigenvalue weighted by molar-refractivity contribution is 0.783. The molecular weight excluding hydrogens is 737 g/mol. The van der Waals surface area contributed by atoms with E-state index in [1.165, 1.54) is 33.2 Å². The third-order valence-electron chi connectivity index (χ3n) is 13.0. The highest BCUT2D eigenvalue weighted by Gasteiger charge is 2.50. The minimum Gasteiger partial charge on any atom is -0.310 e. The van der Waals surface area contributed by atoms with Gasteiger partial charge in [0.25, 0.3) is 0 Å². The Morgan fingerprint density at radius 1 is 0.361 bits per heavy atom. The lowest BCUT2D eigenvalue weighted by Crippen LogP contribution is -2.30. The van der Waals surface area contributed by atoms with Gasteiger partial charge in [0.05, 0.1) is 21.9 Å². The van der Waals surface area contributed by atoms with Gasteiger partial charge in [0.1, 0.15) is 0 Å². The Balaban J connectivity index is 1.10. The monoisotopic (exact) mass is 778 g/mol. The van der Waals surface area contributed by atoms with Gasteiger partial charge in [0, 0.05) is 33.5 Å². The number of anilines is 3. The summed E-state index contributed by atoms with van der Waals surface area (Å²) in [5.41, 5.74) is 14.3. The van der Waals surface area contributed by atoms with E-state index in [1.807, 2.05) is 66.7 Å². The molecule has 1 spiro atoms. The number of nitrogens with zero attached hydrogens (tertiary/aromatic N) is 2. The summed E-state index contributed by atoms with van der Waals surface area (Å²) in [4.78, 5) is 2.14. The molecule has 0 unspecified atom stereocenters. The fourth-order valence-corrected chi connectivity index (χ4v) is 10.7. The van der Waals surface area contributed by atoms with Crippen LogP contribution >= 0.6 is 0 Å². The van der Waals surface area contributed by atoms with Crippen LogP contribution in [-0.4, -0.2) is 4.57 Å². The van der Waals surface area contributed by atoms with Gasteiger partial charge in [-0.15, -0.1) is 0 Å². The zero-order chi connectivity index (χ0) is 43.6. The minimum atomic E-state index is -0.648. The Morgan fingerprint density at radius 2 is 0.885 bits per heavy atom. The highest BCUT2D eigenvalue weighted by Crippen LogP contribution is 2.62. The van der Waals surface area contributed by atoms with Gasteiger partial charge in [0.15, 0.2) is 0 Å². The van der Waals surface area contributed by atoms with Gasteiger partial charge < -0.3 is 9.47 Å². The van der Waals surface area contributed by atoms with Crippen LogP contribution in [-0.2, 0) is 5.41 Å². The number of rotatable bonds is 6. The van der Waals surface area contributed by atoms with Crippen molar-refractivity contribution in [3.63, 3.8) is 0 Å². The van der Waals surface area contributed by atoms with E-state index >= 15 is 0 Å². The minimum absolute atomic E-state index is 0.0770. The maximum atomic E-state index is 9.89. The van der Waals surface area contributed by atoms with Crippen LogP contribution in [0.1, 0.15) is 27.7 Å². The molecule has 0 bridgehead atoms. The third kappa shape index (κ3) is 4.73. The summed E-state index contributed by atoms with van der Waals surface area (Å²) >= 11 is 0. The summed E-state index contributed by atoms with van der Waals surface area (Å²) < 4.78 is 41.6. The first kappa shape index (κ1) is 30.2. The first-order valence-corrected chi connectivity index (χ1v) is 20.9. The molecule has 2 heteroatoms. The molecule has 0 radical (unpaired) electrons. The average Bonchev–Trinajstić information content (AvgIpc) is 3.85. The highest BCUT2D eigenvalue weighted by atomic mass is 15.1. The van der Waals surface area contributed by atoms with Gasteiger partial charge in [-0.05, 0) is 127 Å². The molecule has 0 atom stereocenters. The fourth-order valence-electron chi connectivity index (χ4n) is 10.7. The zero-order valence-corrected chi connectivity index (χ0v) is 33.0. The van der Waals surface area contributed by atoms with Crippen molar-refractivity contribution in [3.8, 4) is 39.1 Å². The van der Waals surface area contributed by atoms with Crippen LogP contribution in [0, 0.1) is 0 Å². The molecule has 11 aromatic rings. The van der Waals surface area contributed by atoms with Gasteiger partial charge >= 0.3 is 0 Å². The molecule has 0 saturated carbocycles. The van der Waals surface area contributed by atoms with Gasteiger partial charge in [-0.3, -0.25) is 0 Å². The molecule has 0 aliphatic heterocycles. The van der Waals surface area contributed by atoms with Crippen LogP contribution in [0.2, 0.25) is 0 Å². The first-order chi connectivity index (χ1) is 32.0. The molecule has 1 heterocycles. The Labute approximate surface area is 360 Å². The van der Waals surface area contributed by atoms with E-state index in [0.717, 1.165) is 55.5 Å². The predicted octanol–water partition coefficient (Wildman–Crippen LogP) is 15.4. The molecule has 13 rings (SSSR count). The van der Waals surface area contributed by atoms with E-state index in [0.29, 0.717) is 11.1 Å². The van der Waals surface area contributed by atoms with E-state index in [-0.39, 0.29) is 35.3 Å². The van der Waals surface area contributed by atoms with E-state index in [4.69, 9.17) is 0 Å². The quantitative estimate of drug-likeness (QED) is 0.163. The molecule has 2 nitrogen and oxygen atoms in total. The van der Waals surface area contributed by atoms with E-state index in [1.54, 1.807) is 0 Å². The Bertz CT molecular complexity index is 3650. The number of aromatic nitrogens is 1. The van der Waals surface area contributed by atoms with Crippen LogP contribution in [0.5, 0.6) is 0 Å². The topological polar surface area (TPSA) is 8.17 Å². The lowest BCUT2D eigenvalue weighted by atomic mass is 9.63. The van der Waals surface area contributed by atoms with Gasteiger partial charge in [-0.2, -0.15) is 0 Å². The predicted molar refractivity (Wildman–Crippen MR) is 255 cm³/mol. The lowest BCUT2D eigenvalue weighted by Gasteiger charge is -2.38. The maximum absolute atomic E-state index is 9.89. The van der Waals surface area contributed by atoms with Crippen LogP contribution in [0.25, 0.3) is 71.6 Å². The summed E-state index contributed by atoms with van der Waals surface area (Å²) in [7, 11) is 0. The molecule has 284 valence electrons. The van der Waals surface area contributed by atoms with E-state index in [9.17, 15) is 5.48 Å². The van der Waals surface area contributed by atoms with Crippen LogP contribution in [0.4, 0.5) is 17.1 Å². The third-order valence-corrected chi connectivity index (χ3v) is 13.0. The maximum Gasteiger partial charge on any atom is 0.0726 e. The fraction of sp³-hybridized carbons (Fsp3) is 0.0169. The van der Waals surface area contributed by atoms with Crippen molar-refractivity contribution in [1.29, 1.82) is 0 Å². The SMILES string of the molecule is [2H]c1c([2H])c(-c2cc3c4c5c(cccc25)C2(c5ccccc5-c5ccccc52)c2cccc(c24)n3-c2ccccc2)c([2H])c([2H])c1-c1cccc(N(c2ccccc2)c2ccccc2)c1. The summed E-state index contributed by atoms with van der Waals surface area (Å²) in [6.07, 6.45) is 0. The standard InChI is InChI=1S/C59H38N2/c1-4-18-42(19-5-1)60(43-20-6-2-7-21-43)45-24-14-17-41(37-45)39-33-35-40(36-34-39)49-38-55-58-56-48(49)27-15-30-52(56)59(50-28-12-10-25-46(50)47-26-11-13-29-51(47)59)53-31-16-32-54(57(53)58)61(55)44-22-8-3-9-23-44/h1-38H/i33D,34D,35D,36D.